The number of anilines is 2. The number of carbonyl (C=O) groups excluding carboxylic acids is 1. The van der Waals surface area contributed by atoms with Crippen molar-refractivity contribution in [3.05, 3.63) is 52.6 Å². The summed E-state index contributed by atoms with van der Waals surface area (Å²) >= 11 is 0. The molecule has 0 bridgehead atoms. The molecule has 0 spiro atoms. The first kappa shape index (κ1) is 20.0. The third-order valence-electron chi connectivity index (χ3n) is 3.16. The number of nitro groups is 1. The van der Waals surface area contributed by atoms with E-state index in [4.69, 9.17) is 0 Å². The zero-order valence-corrected chi connectivity index (χ0v) is 13.8. The molecular weight excluding hydrogens is 395 g/mol. The first-order valence-electron chi connectivity index (χ1n) is 6.88. The van der Waals surface area contributed by atoms with E-state index >= 15 is 0 Å². The van der Waals surface area contributed by atoms with Crippen molar-refractivity contribution in [3.63, 3.8) is 0 Å². The molecule has 0 aromatic heterocycles. The van der Waals surface area contributed by atoms with Gasteiger partial charge in [-0.2, -0.15) is 13.2 Å². The number of phenolic OH excluding ortho intramolecular Hbond substituents is 1. The van der Waals surface area contributed by atoms with Crippen molar-refractivity contribution in [2.45, 2.75) is 10.4 Å². The first-order chi connectivity index (χ1) is 12.4. The SMILES string of the molecule is O=C(Nc1ccc(S(=O)(=O)C(F)(F)F)cc1)Nc1ccc(O)c([N+](=O)[O-])c1. The summed E-state index contributed by atoms with van der Waals surface area (Å²) < 4.78 is 59.9. The smallest absolute Gasteiger partial charge is 0.501 e. The lowest BCUT2D eigenvalue weighted by molar-refractivity contribution is -0.385. The number of nitrogens with zero attached hydrogens (tertiary/aromatic N) is 1. The molecule has 9 nitrogen and oxygen atoms in total. The maximum Gasteiger partial charge on any atom is 0.501 e. The second-order valence-corrected chi connectivity index (χ2v) is 6.95. The summed E-state index contributed by atoms with van der Waals surface area (Å²) in [6.07, 6.45) is 0. The fourth-order valence-corrected chi connectivity index (χ4v) is 2.65. The molecule has 2 aromatic carbocycles. The number of hydrogen-bond acceptors (Lipinski definition) is 6. The number of nitro benzene ring substituents is 1. The lowest BCUT2D eigenvalue weighted by Gasteiger charge is -2.10. The van der Waals surface area contributed by atoms with Gasteiger partial charge in [0, 0.05) is 17.4 Å². The molecule has 13 heteroatoms. The maximum absolute atomic E-state index is 12.5. The van der Waals surface area contributed by atoms with Gasteiger partial charge in [-0.25, -0.2) is 13.2 Å². The van der Waals surface area contributed by atoms with Crippen LogP contribution in [0.15, 0.2) is 47.4 Å². The number of urea groups is 1. The normalized spacial score (nSPS) is 11.7. The van der Waals surface area contributed by atoms with E-state index in [1.807, 2.05) is 0 Å². The number of amides is 2. The summed E-state index contributed by atoms with van der Waals surface area (Å²) in [5.74, 6) is -0.604. The Morgan fingerprint density at radius 1 is 1.04 bits per heavy atom. The van der Waals surface area contributed by atoms with Gasteiger partial charge in [-0.05, 0) is 36.4 Å². The fraction of sp³-hybridized carbons (Fsp3) is 0.0714. The van der Waals surface area contributed by atoms with E-state index < -0.39 is 42.6 Å². The van der Waals surface area contributed by atoms with Crippen LogP contribution in [0.1, 0.15) is 0 Å². The van der Waals surface area contributed by atoms with Crippen LogP contribution in [-0.4, -0.2) is 30.0 Å². The molecule has 0 heterocycles. The highest BCUT2D eigenvalue weighted by Gasteiger charge is 2.46. The molecule has 0 saturated carbocycles. The van der Waals surface area contributed by atoms with Gasteiger partial charge < -0.3 is 15.7 Å². The van der Waals surface area contributed by atoms with Crippen LogP contribution in [0, 0.1) is 10.1 Å². The number of alkyl halides is 3. The molecule has 0 radical (unpaired) electrons. The van der Waals surface area contributed by atoms with Gasteiger partial charge in [-0.15, -0.1) is 0 Å². The maximum atomic E-state index is 12.5. The number of aromatic hydroxyl groups is 1. The van der Waals surface area contributed by atoms with Gasteiger partial charge in [0.05, 0.1) is 9.82 Å². The number of rotatable bonds is 4. The highest BCUT2D eigenvalue weighted by atomic mass is 32.2. The van der Waals surface area contributed by atoms with Crippen LogP contribution in [0.5, 0.6) is 5.75 Å². The molecule has 2 amide bonds. The number of phenols is 1. The molecule has 2 aromatic rings. The Balaban J connectivity index is 2.11. The summed E-state index contributed by atoms with van der Waals surface area (Å²) in [5.41, 5.74) is -6.16. The number of halogens is 3. The van der Waals surface area contributed by atoms with Crippen molar-refractivity contribution in [1.29, 1.82) is 0 Å². The van der Waals surface area contributed by atoms with E-state index in [0.717, 1.165) is 24.3 Å². The summed E-state index contributed by atoms with van der Waals surface area (Å²) in [7, 11) is -5.50. The van der Waals surface area contributed by atoms with Crippen LogP contribution >= 0.6 is 0 Å². The number of sulfone groups is 1. The lowest BCUT2D eigenvalue weighted by atomic mass is 10.2. The Morgan fingerprint density at radius 2 is 1.56 bits per heavy atom. The van der Waals surface area contributed by atoms with Crippen molar-refractivity contribution in [1.82, 2.24) is 0 Å². The minimum Gasteiger partial charge on any atom is -0.502 e. The highest BCUT2D eigenvalue weighted by Crippen LogP contribution is 2.31. The van der Waals surface area contributed by atoms with Crippen molar-refractivity contribution in [2.75, 3.05) is 10.6 Å². The standard InChI is InChI=1S/C14H10F3N3O6S/c15-14(16,17)27(25,26)10-4-1-8(2-5-10)18-13(22)19-9-3-6-12(21)11(7-9)20(23)24/h1-7,21H,(H2,18,19,22). The quantitative estimate of drug-likeness (QED) is 0.405. The molecule has 0 aliphatic rings. The Hall–Kier alpha value is -3.35. The van der Waals surface area contributed by atoms with Crippen LogP contribution in [0.4, 0.5) is 35.0 Å². The molecular formula is C14H10F3N3O6S. The summed E-state index contributed by atoms with van der Waals surface area (Å²) in [6.45, 7) is 0. The van der Waals surface area contributed by atoms with Crippen LogP contribution < -0.4 is 10.6 Å². The second-order valence-electron chi connectivity index (χ2n) is 5.01. The average molecular weight is 405 g/mol. The van der Waals surface area contributed by atoms with Gasteiger partial charge in [0.2, 0.25) is 0 Å². The summed E-state index contributed by atoms with van der Waals surface area (Å²) in [6, 6.07) is 5.39. The molecule has 0 atom stereocenters. The first-order valence-corrected chi connectivity index (χ1v) is 8.37. The van der Waals surface area contributed by atoms with Crippen LogP contribution in [0.3, 0.4) is 0 Å². The van der Waals surface area contributed by atoms with E-state index in [0.29, 0.717) is 12.1 Å². The summed E-state index contributed by atoms with van der Waals surface area (Å²) in [4.78, 5) is 20.7. The van der Waals surface area contributed by atoms with Crippen molar-refractivity contribution in [3.8, 4) is 5.75 Å². The molecule has 27 heavy (non-hydrogen) atoms. The van der Waals surface area contributed by atoms with Crippen LogP contribution in [-0.2, 0) is 9.84 Å². The van der Waals surface area contributed by atoms with Gasteiger partial charge in [-0.1, -0.05) is 0 Å². The number of carbonyl (C=O) groups is 1. The molecule has 0 unspecified atom stereocenters. The van der Waals surface area contributed by atoms with E-state index in [9.17, 15) is 41.6 Å². The van der Waals surface area contributed by atoms with Crippen LogP contribution in [0.25, 0.3) is 0 Å². The molecule has 0 fully saturated rings. The number of nitrogens with one attached hydrogen (secondary N) is 2. The van der Waals surface area contributed by atoms with Gasteiger partial charge >= 0.3 is 17.2 Å². The van der Waals surface area contributed by atoms with Gasteiger partial charge in [0.1, 0.15) is 0 Å². The minimum absolute atomic E-state index is 0.0260. The molecule has 2 rings (SSSR count). The zero-order valence-electron chi connectivity index (χ0n) is 13.0. The topological polar surface area (TPSA) is 139 Å². The molecule has 0 aliphatic carbocycles. The molecule has 0 aliphatic heterocycles. The second kappa shape index (κ2) is 7.11. The third kappa shape index (κ3) is 4.44. The summed E-state index contributed by atoms with van der Waals surface area (Å²) in [5, 5.41) is 24.5. The van der Waals surface area contributed by atoms with Crippen molar-refractivity contribution >= 4 is 32.9 Å². The number of hydrogen-bond donors (Lipinski definition) is 3. The van der Waals surface area contributed by atoms with Crippen molar-refractivity contribution in [2.24, 2.45) is 0 Å². The third-order valence-corrected chi connectivity index (χ3v) is 4.66. The molecule has 144 valence electrons. The fourth-order valence-electron chi connectivity index (χ4n) is 1.89. The predicted molar refractivity (Wildman–Crippen MR) is 87.1 cm³/mol. The number of benzene rings is 2. The predicted octanol–water partition coefficient (Wildman–Crippen LogP) is 3.24. The Kier molecular flexibility index (Phi) is 5.26. The van der Waals surface area contributed by atoms with E-state index in [1.165, 1.54) is 6.07 Å². The van der Waals surface area contributed by atoms with Gasteiger partial charge in [-0.3, -0.25) is 10.1 Å². The Bertz CT molecular complexity index is 990. The Morgan fingerprint density at radius 3 is 2.07 bits per heavy atom. The van der Waals surface area contributed by atoms with E-state index in [1.54, 1.807) is 0 Å². The van der Waals surface area contributed by atoms with Crippen LogP contribution in [0.2, 0.25) is 0 Å². The minimum atomic E-state index is -5.50. The average Bonchev–Trinajstić information content (AvgIpc) is 2.55. The molecule has 0 saturated heterocycles. The molecule has 3 N–H and O–H groups in total. The van der Waals surface area contributed by atoms with Gasteiger partial charge in [0.25, 0.3) is 9.84 Å². The monoisotopic (exact) mass is 405 g/mol. The van der Waals surface area contributed by atoms with Crippen molar-refractivity contribution < 1.29 is 36.4 Å². The highest BCUT2D eigenvalue weighted by molar-refractivity contribution is 7.92. The zero-order chi connectivity index (χ0) is 20.4. The van der Waals surface area contributed by atoms with Gasteiger partial charge in [0.15, 0.2) is 5.75 Å². The van der Waals surface area contributed by atoms with E-state index in [2.05, 4.69) is 10.6 Å². The largest absolute Gasteiger partial charge is 0.502 e. The lowest BCUT2D eigenvalue weighted by Crippen LogP contribution is -2.23. The Labute approximate surface area is 149 Å². The van der Waals surface area contributed by atoms with E-state index in [-0.39, 0.29) is 11.4 Å².